The number of quaternary nitrogens is 1. The van der Waals surface area contributed by atoms with Crippen LogP contribution in [-0.2, 0) is 22.5 Å². The zero-order valence-electron chi connectivity index (χ0n) is 15.6. The molecule has 2 aliphatic rings. The van der Waals surface area contributed by atoms with Gasteiger partial charge < -0.3 is 14.4 Å². The van der Waals surface area contributed by atoms with Crippen molar-refractivity contribution >= 4 is 45.1 Å². The van der Waals surface area contributed by atoms with Crippen LogP contribution in [0.25, 0.3) is 10.2 Å². The van der Waals surface area contributed by atoms with Gasteiger partial charge in [-0.05, 0) is 20.1 Å². The predicted octanol–water partition coefficient (Wildman–Crippen LogP) is 2.27. The second-order valence-electron chi connectivity index (χ2n) is 7.38. The lowest BCUT2D eigenvalue weighted by molar-refractivity contribution is -0.905. The van der Waals surface area contributed by atoms with Gasteiger partial charge in [0.2, 0.25) is 0 Å². The summed E-state index contributed by atoms with van der Waals surface area (Å²) in [6, 6.07) is 0. The van der Waals surface area contributed by atoms with Gasteiger partial charge in [0.05, 0.1) is 42.2 Å². The van der Waals surface area contributed by atoms with Crippen molar-refractivity contribution in [2.75, 3.05) is 44.9 Å². The lowest BCUT2D eigenvalue weighted by Crippen LogP contribution is -3.14. The minimum absolute atomic E-state index is 0.0867. The minimum atomic E-state index is -0.0867. The molecule has 0 aliphatic carbocycles. The fourth-order valence-corrected chi connectivity index (χ4v) is 6.44. The van der Waals surface area contributed by atoms with Crippen LogP contribution in [0.5, 0.6) is 0 Å². The second kappa shape index (κ2) is 7.93. The van der Waals surface area contributed by atoms with Crippen LogP contribution in [-0.4, -0.2) is 60.4 Å². The van der Waals surface area contributed by atoms with Gasteiger partial charge in [-0.1, -0.05) is 23.5 Å². The number of aromatic nitrogens is 2. The number of ether oxygens (including phenoxy) is 2. The average Bonchev–Trinajstić information content (AvgIpc) is 2.98. The molecule has 0 radical (unpaired) electrons. The third kappa shape index (κ3) is 4.05. The van der Waals surface area contributed by atoms with E-state index in [4.69, 9.17) is 19.4 Å². The third-order valence-corrected chi connectivity index (χ3v) is 7.81. The fraction of sp³-hybridized carbons (Fsp3) is 0.667. The standard InChI is InChI=1S/C18H25N3O2S3/c1-18(2)10-13-12(11-23-18)14-15(26-13)16(20-17(19-14)24-3)25-9-6-21-4-7-22-8-5-21/h4-11H2,1-3H3/p+1. The Hall–Kier alpha value is -0.380. The zero-order chi connectivity index (χ0) is 18.1. The summed E-state index contributed by atoms with van der Waals surface area (Å²) in [5.74, 6) is 1.08. The highest BCUT2D eigenvalue weighted by molar-refractivity contribution is 7.99. The van der Waals surface area contributed by atoms with E-state index in [2.05, 4.69) is 13.8 Å². The van der Waals surface area contributed by atoms with Crippen LogP contribution in [0, 0.1) is 0 Å². The lowest BCUT2D eigenvalue weighted by atomic mass is 9.98. The maximum absolute atomic E-state index is 6.05. The van der Waals surface area contributed by atoms with Crippen LogP contribution in [0.1, 0.15) is 24.3 Å². The van der Waals surface area contributed by atoms with Crippen LogP contribution in [0.3, 0.4) is 0 Å². The van der Waals surface area contributed by atoms with Gasteiger partial charge in [0.15, 0.2) is 5.16 Å². The third-order valence-electron chi connectivity index (χ3n) is 4.93. The Morgan fingerprint density at radius 2 is 2.04 bits per heavy atom. The van der Waals surface area contributed by atoms with Gasteiger partial charge in [0.25, 0.3) is 0 Å². The molecule has 0 atom stereocenters. The molecule has 2 aromatic heterocycles. The molecule has 0 aromatic carbocycles. The Bertz CT molecular complexity index is 788. The molecule has 8 heteroatoms. The molecular weight excluding hydrogens is 386 g/mol. The maximum Gasteiger partial charge on any atom is 0.188 e. The predicted molar refractivity (Wildman–Crippen MR) is 109 cm³/mol. The van der Waals surface area contributed by atoms with Gasteiger partial charge in [0.1, 0.15) is 18.1 Å². The second-order valence-corrected chi connectivity index (χ2v) is 10.3. The molecule has 5 nitrogen and oxygen atoms in total. The van der Waals surface area contributed by atoms with E-state index < -0.39 is 0 Å². The number of thioether (sulfide) groups is 2. The summed E-state index contributed by atoms with van der Waals surface area (Å²) in [5, 5.41) is 2.01. The van der Waals surface area contributed by atoms with Crippen LogP contribution >= 0.6 is 34.9 Å². The molecule has 0 saturated carbocycles. The van der Waals surface area contributed by atoms with E-state index in [0.29, 0.717) is 6.61 Å². The zero-order valence-corrected chi connectivity index (χ0v) is 18.0. The van der Waals surface area contributed by atoms with Crippen LogP contribution in [0.4, 0.5) is 0 Å². The molecular formula is C18H26N3O2S3+. The van der Waals surface area contributed by atoms with Crippen molar-refractivity contribution in [3.05, 3.63) is 10.4 Å². The Labute approximate surface area is 167 Å². The monoisotopic (exact) mass is 412 g/mol. The summed E-state index contributed by atoms with van der Waals surface area (Å²) < 4.78 is 12.8. The lowest BCUT2D eigenvalue weighted by Gasteiger charge is -2.29. The summed E-state index contributed by atoms with van der Waals surface area (Å²) >= 11 is 5.37. The van der Waals surface area contributed by atoms with Gasteiger partial charge in [-0.25, -0.2) is 9.97 Å². The summed E-state index contributed by atoms with van der Waals surface area (Å²) in [6.07, 6.45) is 3.01. The summed E-state index contributed by atoms with van der Waals surface area (Å²) in [5.41, 5.74) is 2.31. The highest BCUT2D eigenvalue weighted by atomic mass is 32.2. The first-order valence-electron chi connectivity index (χ1n) is 9.10. The van der Waals surface area contributed by atoms with Gasteiger partial charge in [-0.15, -0.1) is 11.3 Å². The van der Waals surface area contributed by atoms with Crippen LogP contribution in [0.2, 0.25) is 0 Å². The molecule has 26 heavy (non-hydrogen) atoms. The normalized spacial score (nSPS) is 20.4. The maximum atomic E-state index is 6.05. The molecule has 1 fully saturated rings. The Morgan fingerprint density at radius 1 is 1.23 bits per heavy atom. The quantitative estimate of drug-likeness (QED) is 0.462. The number of thiophene rings is 1. The number of morpholine rings is 1. The van der Waals surface area contributed by atoms with Gasteiger partial charge in [0, 0.05) is 22.6 Å². The first-order valence-corrected chi connectivity index (χ1v) is 12.1. The van der Waals surface area contributed by atoms with Crippen molar-refractivity contribution in [3.63, 3.8) is 0 Å². The molecule has 1 N–H and O–H groups in total. The molecule has 2 aliphatic heterocycles. The van der Waals surface area contributed by atoms with E-state index in [1.807, 2.05) is 29.4 Å². The van der Waals surface area contributed by atoms with Crippen LogP contribution in [0.15, 0.2) is 10.2 Å². The number of rotatable bonds is 5. The summed E-state index contributed by atoms with van der Waals surface area (Å²) in [4.78, 5) is 12.7. The molecule has 0 unspecified atom stereocenters. The average molecular weight is 413 g/mol. The first kappa shape index (κ1) is 19.0. The van der Waals surface area contributed by atoms with E-state index in [1.165, 1.54) is 15.1 Å². The highest BCUT2D eigenvalue weighted by Gasteiger charge is 2.30. The van der Waals surface area contributed by atoms with Crippen LogP contribution < -0.4 is 4.90 Å². The van der Waals surface area contributed by atoms with Gasteiger partial charge in [-0.2, -0.15) is 0 Å². The number of fused-ring (bicyclic) bond motifs is 3. The molecule has 0 bridgehead atoms. The van der Waals surface area contributed by atoms with Crippen molar-refractivity contribution in [2.45, 2.75) is 42.7 Å². The van der Waals surface area contributed by atoms with Crippen molar-refractivity contribution in [3.8, 4) is 0 Å². The van der Waals surface area contributed by atoms with Gasteiger partial charge in [-0.3, -0.25) is 0 Å². The molecule has 0 spiro atoms. The first-order chi connectivity index (χ1) is 12.6. The topological polar surface area (TPSA) is 48.7 Å². The smallest absolute Gasteiger partial charge is 0.188 e. The van der Waals surface area contributed by atoms with Crippen molar-refractivity contribution in [1.29, 1.82) is 0 Å². The number of nitrogens with zero attached hydrogens (tertiary/aromatic N) is 2. The Balaban J connectivity index is 1.58. The molecule has 4 heterocycles. The summed E-state index contributed by atoms with van der Waals surface area (Å²) in [6.45, 7) is 10.2. The molecule has 1 saturated heterocycles. The largest absolute Gasteiger partial charge is 0.370 e. The highest BCUT2D eigenvalue weighted by Crippen LogP contribution is 2.41. The SMILES string of the molecule is CSc1nc(SCC[NH+]2CCOCC2)c2sc3c(c2n1)COC(C)(C)C3. The van der Waals surface area contributed by atoms with E-state index in [0.717, 1.165) is 60.7 Å². The van der Waals surface area contributed by atoms with E-state index in [9.17, 15) is 0 Å². The number of nitrogens with one attached hydrogen (secondary N) is 1. The Kier molecular flexibility index (Phi) is 5.78. The van der Waals surface area contributed by atoms with Crippen molar-refractivity contribution in [2.24, 2.45) is 0 Å². The van der Waals surface area contributed by atoms with Gasteiger partial charge >= 0.3 is 0 Å². The number of hydrogen-bond acceptors (Lipinski definition) is 7. The van der Waals surface area contributed by atoms with E-state index in [-0.39, 0.29) is 5.60 Å². The Morgan fingerprint density at radius 3 is 2.81 bits per heavy atom. The summed E-state index contributed by atoms with van der Waals surface area (Å²) in [7, 11) is 0. The fourth-order valence-electron chi connectivity index (χ4n) is 3.41. The molecule has 142 valence electrons. The van der Waals surface area contributed by atoms with Crippen molar-refractivity contribution in [1.82, 2.24) is 9.97 Å². The molecule has 2 aromatic rings. The number of hydrogen-bond donors (Lipinski definition) is 1. The van der Waals surface area contributed by atoms with Crippen molar-refractivity contribution < 1.29 is 14.4 Å². The van der Waals surface area contributed by atoms with E-state index >= 15 is 0 Å². The molecule has 0 amide bonds. The molecule has 4 rings (SSSR count). The van der Waals surface area contributed by atoms with E-state index in [1.54, 1.807) is 16.7 Å². The minimum Gasteiger partial charge on any atom is -0.370 e.